The maximum atomic E-state index is 13.2. The van der Waals surface area contributed by atoms with Gasteiger partial charge in [0.15, 0.2) is 0 Å². The van der Waals surface area contributed by atoms with Crippen molar-refractivity contribution < 1.29 is 31.9 Å². The molecule has 0 aliphatic rings. The minimum Gasteiger partial charge on any atom is -0.443 e. The molecule has 1 amide bonds. The first-order valence-corrected chi connectivity index (χ1v) is 7.86. The summed E-state index contributed by atoms with van der Waals surface area (Å²) in [5, 5.41) is 0. The Morgan fingerprint density at radius 3 is 2.30 bits per heavy atom. The number of halogens is 4. The molecule has 0 fully saturated rings. The summed E-state index contributed by atoms with van der Waals surface area (Å²) in [6.45, 7) is 5.04. The van der Waals surface area contributed by atoms with Gasteiger partial charge < -0.3 is 9.64 Å². The molecule has 2 rings (SSSR count). The number of benzene rings is 1. The van der Waals surface area contributed by atoms with Crippen molar-refractivity contribution in [3.8, 4) is 0 Å². The van der Waals surface area contributed by atoms with Crippen molar-refractivity contribution in [3.63, 3.8) is 0 Å². The Kier molecular flexibility index (Phi) is 5.35. The van der Waals surface area contributed by atoms with Gasteiger partial charge in [-0.25, -0.2) is 9.18 Å². The maximum Gasteiger partial charge on any atom is 0.418 e. The predicted octanol–water partition coefficient (Wildman–Crippen LogP) is 4.71. The summed E-state index contributed by atoms with van der Waals surface area (Å²) < 4.78 is 58.8. The van der Waals surface area contributed by atoms with Gasteiger partial charge in [0.2, 0.25) is 0 Å². The van der Waals surface area contributed by atoms with Gasteiger partial charge in [-0.05, 0) is 45.0 Å². The Bertz CT molecular complexity index is 866. The number of anilines is 1. The Morgan fingerprint density at radius 2 is 1.74 bits per heavy atom. The van der Waals surface area contributed by atoms with Gasteiger partial charge in [-0.15, -0.1) is 0 Å². The SMILES string of the molecule is CN(C(=O)c1ccc(F)cc1C(F)(F)F)c1ccn(C(=O)OC(C)(C)C)c1. The zero-order valence-corrected chi connectivity index (χ0v) is 15.1. The normalized spacial score (nSPS) is 12.0. The van der Waals surface area contributed by atoms with E-state index in [-0.39, 0.29) is 11.8 Å². The van der Waals surface area contributed by atoms with Crippen LogP contribution >= 0.6 is 0 Å². The van der Waals surface area contributed by atoms with E-state index in [0.717, 1.165) is 21.6 Å². The monoisotopic (exact) mass is 386 g/mol. The molecule has 1 heterocycles. The number of nitrogens with zero attached hydrogens (tertiary/aromatic N) is 2. The third-order valence-corrected chi connectivity index (χ3v) is 3.49. The van der Waals surface area contributed by atoms with Crippen LogP contribution in [0.3, 0.4) is 0 Å². The summed E-state index contributed by atoms with van der Waals surface area (Å²) in [7, 11) is 1.25. The van der Waals surface area contributed by atoms with Crippen LogP contribution in [0.15, 0.2) is 36.7 Å². The molecule has 0 saturated heterocycles. The van der Waals surface area contributed by atoms with E-state index in [2.05, 4.69) is 0 Å². The van der Waals surface area contributed by atoms with E-state index in [1.807, 2.05) is 0 Å². The van der Waals surface area contributed by atoms with E-state index in [1.54, 1.807) is 20.8 Å². The number of carbonyl (C=O) groups excluding carboxylic acids is 2. The highest BCUT2D eigenvalue weighted by Gasteiger charge is 2.36. The quantitative estimate of drug-likeness (QED) is 0.703. The minimum atomic E-state index is -4.89. The topological polar surface area (TPSA) is 51.5 Å². The second kappa shape index (κ2) is 7.05. The second-order valence-electron chi connectivity index (χ2n) is 6.81. The Morgan fingerprint density at radius 1 is 1.11 bits per heavy atom. The average molecular weight is 386 g/mol. The zero-order chi connectivity index (χ0) is 20.6. The highest BCUT2D eigenvalue weighted by atomic mass is 19.4. The molecule has 0 saturated carbocycles. The molecular weight excluding hydrogens is 368 g/mol. The summed E-state index contributed by atoms with van der Waals surface area (Å²) >= 11 is 0. The van der Waals surface area contributed by atoms with Crippen molar-refractivity contribution in [3.05, 3.63) is 53.6 Å². The zero-order valence-electron chi connectivity index (χ0n) is 15.1. The van der Waals surface area contributed by atoms with Crippen molar-refractivity contribution in [2.75, 3.05) is 11.9 Å². The summed E-state index contributed by atoms with van der Waals surface area (Å²) in [6.07, 6.45) is -3.02. The van der Waals surface area contributed by atoms with Crippen LogP contribution in [0.2, 0.25) is 0 Å². The van der Waals surface area contributed by atoms with Crippen LogP contribution in [0.1, 0.15) is 36.7 Å². The van der Waals surface area contributed by atoms with Crippen LogP contribution < -0.4 is 4.90 Å². The molecule has 1 aromatic carbocycles. The highest BCUT2D eigenvalue weighted by Crippen LogP contribution is 2.33. The standard InChI is InChI=1S/C18H18F4N2O3/c1-17(2,3)27-16(26)24-8-7-12(10-24)23(4)15(25)13-6-5-11(19)9-14(13)18(20,21)22/h5-10H,1-4H3. The third kappa shape index (κ3) is 4.87. The molecular formula is C18H18F4N2O3. The Hall–Kier alpha value is -2.84. The van der Waals surface area contributed by atoms with E-state index < -0.39 is 40.7 Å². The minimum absolute atomic E-state index is 0.170. The molecule has 0 atom stereocenters. The van der Waals surface area contributed by atoms with Crippen molar-refractivity contribution in [1.29, 1.82) is 0 Å². The van der Waals surface area contributed by atoms with Gasteiger partial charge in [0.1, 0.15) is 11.4 Å². The molecule has 1 aromatic heterocycles. The number of hydrogen-bond acceptors (Lipinski definition) is 3. The fraction of sp³-hybridized carbons (Fsp3) is 0.333. The lowest BCUT2D eigenvalue weighted by molar-refractivity contribution is -0.138. The molecule has 0 aliphatic heterocycles. The van der Waals surface area contributed by atoms with E-state index in [1.165, 1.54) is 25.5 Å². The fourth-order valence-electron chi connectivity index (χ4n) is 2.25. The van der Waals surface area contributed by atoms with Gasteiger partial charge in [-0.2, -0.15) is 13.2 Å². The van der Waals surface area contributed by atoms with Crippen LogP contribution in [-0.4, -0.2) is 29.2 Å². The largest absolute Gasteiger partial charge is 0.443 e. The van der Waals surface area contributed by atoms with E-state index in [4.69, 9.17) is 4.74 Å². The lowest BCUT2D eigenvalue weighted by Gasteiger charge is -2.20. The van der Waals surface area contributed by atoms with Crippen molar-refractivity contribution in [2.45, 2.75) is 32.5 Å². The van der Waals surface area contributed by atoms with E-state index >= 15 is 0 Å². The van der Waals surface area contributed by atoms with Gasteiger partial charge >= 0.3 is 12.3 Å². The highest BCUT2D eigenvalue weighted by molar-refractivity contribution is 6.06. The van der Waals surface area contributed by atoms with E-state index in [0.29, 0.717) is 0 Å². The molecule has 0 bridgehead atoms. The van der Waals surface area contributed by atoms with Gasteiger partial charge in [0, 0.05) is 19.4 Å². The second-order valence-corrected chi connectivity index (χ2v) is 6.81. The Balaban J connectivity index is 2.31. The van der Waals surface area contributed by atoms with Crippen LogP contribution in [-0.2, 0) is 10.9 Å². The summed E-state index contributed by atoms with van der Waals surface area (Å²) in [5.74, 6) is -2.10. The third-order valence-electron chi connectivity index (χ3n) is 3.49. The molecule has 5 nitrogen and oxygen atoms in total. The number of amides is 1. The number of alkyl halides is 3. The smallest absolute Gasteiger partial charge is 0.418 e. The lowest BCUT2D eigenvalue weighted by atomic mass is 10.1. The molecule has 0 radical (unpaired) electrons. The molecule has 0 unspecified atom stereocenters. The molecule has 0 N–H and O–H groups in total. The van der Waals surface area contributed by atoms with Gasteiger partial charge in [-0.3, -0.25) is 9.36 Å². The first-order chi connectivity index (χ1) is 12.3. The van der Waals surface area contributed by atoms with Gasteiger partial charge in [0.25, 0.3) is 5.91 Å². The van der Waals surface area contributed by atoms with Crippen molar-refractivity contribution in [1.82, 2.24) is 4.57 Å². The van der Waals surface area contributed by atoms with Crippen molar-refractivity contribution >= 4 is 17.7 Å². The van der Waals surface area contributed by atoms with Gasteiger partial charge in [-0.1, -0.05) is 0 Å². The number of ether oxygens (including phenoxy) is 1. The van der Waals surface area contributed by atoms with Crippen LogP contribution in [0, 0.1) is 5.82 Å². The maximum absolute atomic E-state index is 13.2. The average Bonchev–Trinajstić information content (AvgIpc) is 3.01. The molecule has 0 spiro atoms. The van der Waals surface area contributed by atoms with Crippen molar-refractivity contribution in [2.24, 2.45) is 0 Å². The first kappa shape index (κ1) is 20.5. The van der Waals surface area contributed by atoms with E-state index in [9.17, 15) is 27.2 Å². The molecule has 0 aliphatic carbocycles. The van der Waals surface area contributed by atoms with Crippen LogP contribution in [0.5, 0.6) is 0 Å². The molecule has 2 aromatic rings. The first-order valence-electron chi connectivity index (χ1n) is 7.86. The number of aromatic nitrogens is 1. The predicted molar refractivity (Wildman–Crippen MR) is 90.2 cm³/mol. The van der Waals surface area contributed by atoms with Crippen LogP contribution in [0.4, 0.5) is 28.0 Å². The number of hydrogen-bond donors (Lipinski definition) is 0. The Labute approximate surface area is 153 Å². The molecule has 9 heteroatoms. The summed E-state index contributed by atoms with van der Waals surface area (Å²) in [5.41, 5.74) is -2.63. The summed E-state index contributed by atoms with van der Waals surface area (Å²) in [4.78, 5) is 25.4. The number of carbonyl (C=O) groups is 2. The molecule has 146 valence electrons. The lowest BCUT2D eigenvalue weighted by Crippen LogP contribution is -2.29. The molecule has 27 heavy (non-hydrogen) atoms. The fourth-order valence-corrected chi connectivity index (χ4v) is 2.25. The number of rotatable bonds is 2. The van der Waals surface area contributed by atoms with Crippen LogP contribution in [0.25, 0.3) is 0 Å². The van der Waals surface area contributed by atoms with Gasteiger partial charge in [0.05, 0.1) is 16.8 Å². The summed E-state index contributed by atoms with van der Waals surface area (Å²) in [6, 6.07) is 3.20.